The topological polar surface area (TPSA) is 85.4 Å². The van der Waals surface area contributed by atoms with Crippen molar-refractivity contribution in [1.82, 2.24) is 14.5 Å². The van der Waals surface area contributed by atoms with E-state index in [9.17, 15) is 13.2 Å². The maximum atomic E-state index is 13.2. The van der Waals surface area contributed by atoms with Crippen LogP contribution in [-0.2, 0) is 22.1 Å². The zero-order valence-corrected chi connectivity index (χ0v) is 20.2. The molecule has 172 valence electrons. The maximum absolute atomic E-state index is 13.2. The predicted octanol–water partition coefficient (Wildman–Crippen LogP) is 4.98. The molecule has 1 amide bonds. The van der Waals surface area contributed by atoms with Gasteiger partial charge in [0.1, 0.15) is 0 Å². The van der Waals surface area contributed by atoms with Crippen molar-refractivity contribution >= 4 is 27.3 Å². The zero-order valence-electron chi connectivity index (χ0n) is 18.7. The molecule has 0 fully saturated rings. The van der Waals surface area contributed by atoms with E-state index in [-0.39, 0.29) is 41.1 Å². The van der Waals surface area contributed by atoms with E-state index < -0.39 is 9.84 Å². The Kier molecular flexibility index (Phi) is 7.46. The summed E-state index contributed by atoms with van der Waals surface area (Å²) in [5, 5.41) is 0.462. The standard InChI is InChI=1S/C23H28ClN3O4S/c1-16(2)13-26(22(28)21-9-6-10-31-21)14-20-12-25-23(27(20)17(3)4)32(29,30)15-18-7-5-8-19(24)11-18/h5-12,16-17H,13-15H2,1-4H3. The van der Waals surface area contributed by atoms with Crippen LogP contribution >= 0.6 is 11.6 Å². The minimum atomic E-state index is -3.74. The number of aromatic nitrogens is 2. The summed E-state index contributed by atoms with van der Waals surface area (Å²) in [4.78, 5) is 18.9. The first kappa shape index (κ1) is 24.1. The number of sulfone groups is 1. The molecule has 1 aromatic carbocycles. The van der Waals surface area contributed by atoms with Crippen LogP contribution in [0.1, 0.15) is 55.5 Å². The lowest BCUT2D eigenvalue weighted by molar-refractivity contribution is 0.0685. The molecule has 32 heavy (non-hydrogen) atoms. The van der Waals surface area contributed by atoms with Crippen LogP contribution in [0.15, 0.2) is 58.4 Å². The Morgan fingerprint density at radius 3 is 2.53 bits per heavy atom. The summed E-state index contributed by atoms with van der Waals surface area (Å²) in [6, 6.07) is 9.89. The van der Waals surface area contributed by atoms with Gasteiger partial charge in [0.05, 0.1) is 30.5 Å². The SMILES string of the molecule is CC(C)CN(Cc1cnc(S(=O)(=O)Cc2cccc(Cl)c2)n1C(C)C)C(=O)c1ccco1. The maximum Gasteiger partial charge on any atom is 0.289 e. The first-order valence-electron chi connectivity index (χ1n) is 10.4. The Bertz CT molecular complexity index is 1170. The van der Waals surface area contributed by atoms with E-state index in [0.717, 1.165) is 0 Å². The van der Waals surface area contributed by atoms with Crippen LogP contribution in [0.4, 0.5) is 0 Å². The highest BCUT2D eigenvalue weighted by atomic mass is 35.5. The molecule has 0 bridgehead atoms. The van der Waals surface area contributed by atoms with Crippen molar-refractivity contribution in [3.63, 3.8) is 0 Å². The Morgan fingerprint density at radius 1 is 1.19 bits per heavy atom. The normalized spacial score (nSPS) is 12.0. The van der Waals surface area contributed by atoms with E-state index in [2.05, 4.69) is 4.98 Å². The number of carbonyl (C=O) groups is 1. The molecule has 0 aliphatic rings. The van der Waals surface area contributed by atoms with Gasteiger partial charge in [-0.15, -0.1) is 0 Å². The molecule has 0 radical (unpaired) electrons. The number of amides is 1. The number of benzene rings is 1. The summed E-state index contributed by atoms with van der Waals surface area (Å²) in [6.45, 7) is 8.53. The number of hydrogen-bond donors (Lipinski definition) is 0. The van der Waals surface area contributed by atoms with E-state index in [1.54, 1.807) is 45.9 Å². The monoisotopic (exact) mass is 477 g/mol. The summed E-state index contributed by atoms with van der Waals surface area (Å²) in [7, 11) is -3.74. The van der Waals surface area contributed by atoms with Gasteiger partial charge in [-0.1, -0.05) is 37.6 Å². The lowest BCUT2D eigenvalue weighted by Crippen LogP contribution is -2.34. The van der Waals surface area contributed by atoms with Gasteiger partial charge >= 0.3 is 0 Å². The zero-order chi connectivity index (χ0) is 23.5. The molecule has 0 unspecified atom stereocenters. The van der Waals surface area contributed by atoms with Crippen LogP contribution in [0.2, 0.25) is 5.02 Å². The van der Waals surface area contributed by atoms with E-state index in [0.29, 0.717) is 22.8 Å². The largest absolute Gasteiger partial charge is 0.459 e. The van der Waals surface area contributed by atoms with Gasteiger partial charge in [0, 0.05) is 17.6 Å². The number of imidazole rings is 1. The van der Waals surface area contributed by atoms with Gasteiger partial charge in [-0.05, 0) is 49.6 Å². The van der Waals surface area contributed by atoms with Gasteiger partial charge in [0.2, 0.25) is 15.0 Å². The third-order valence-corrected chi connectivity index (χ3v) is 6.64. The van der Waals surface area contributed by atoms with Crippen molar-refractivity contribution in [2.45, 2.75) is 51.2 Å². The molecule has 0 saturated carbocycles. The predicted molar refractivity (Wildman–Crippen MR) is 123 cm³/mol. The van der Waals surface area contributed by atoms with Gasteiger partial charge in [0.15, 0.2) is 5.76 Å². The second-order valence-corrected chi connectivity index (χ2v) is 10.8. The summed E-state index contributed by atoms with van der Waals surface area (Å²) in [6.07, 6.45) is 2.99. The molecule has 0 saturated heterocycles. The van der Waals surface area contributed by atoms with Crippen LogP contribution in [0, 0.1) is 5.92 Å². The van der Waals surface area contributed by atoms with Gasteiger partial charge in [-0.3, -0.25) is 4.79 Å². The van der Waals surface area contributed by atoms with Crippen molar-refractivity contribution in [2.24, 2.45) is 5.92 Å². The molecule has 9 heteroatoms. The fraction of sp³-hybridized carbons (Fsp3) is 0.391. The van der Waals surface area contributed by atoms with Crippen molar-refractivity contribution in [3.8, 4) is 0 Å². The van der Waals surface area contributed by atoms with Crippen LogP contribution < -0.4 is 0 Å². The molecule has 0 atom stereocenters. The van der Waals surface area contributed by atoms with Crippen LogP contribution in [-0.4, -0.2) is 35.3 Å². The smallest absolute Gasteiger partial charge is 0.289 e. The number of rotatable bonds is 9. The molecular weight excluding hydrogens is 450 g/mol. The molecule has 0 spiro atoms. The third kappa shape index (κ3) is 5.61. The van der Waals surface area contributed by atoms with Crippen molar-refractivity contribution in [2.75, 3.05) is 6.54 Å². The summed E-state index contributed by atoms with van der Waals surface area (Å²) in [5.41, 5.74) is 1.23. The van der Waals surface area contributed by atoms with E-state index >= 15 is 0 Å². The minimum absolute atomic E-state index is 0.0163. The van der Waals surface area contributed by atoms with Crippen molar-refractivity contribution in [1.29, 1.82) is 0 Å². The third-order valence-electron chi connectivity index (χ3n) is 4.84. The Hall–Kier alpha value is -2.58. The van der Waals surface area contributed by atoms with E-state index in [4.69, 9.17) is 16.0 Å². The van der Waals surface area contributed by atoms with Gasteiger partial charge in [0.25, 0.3) is 5.91 Å². The first-order chi connectivity index (χ1) is 15.1. The molecule has 3 rings (SSSR count). The summed E-state index contributed by atoms with van der Waals surface area (Å²) >= 11 is 6.02. The van der Waals surface area contributed by atoms with Gasteiger partial charge in [-0.2, -0.15) is 0 Å². The number of furan rings is 1. The molecule has 0 N–H and O–H groups in total. The molecule has 2 aromatic heterocycles. The molecule has 0 aliphatic heterocycles. The number of nitrogens with zero attached hydrogens (tertiary/aromatic N) is 3. The number of hydrogen-bond acceptors (Lipinski definition) is 5. The van der Waals surface area contributed by atoms with Crippen molar-refractivity contribution < 1.29 is 17.6 Å². The lowest BCUT2D eigenvalue weighted by Gasteiger charge is -2.25. The van der Waals surface area contributed by atoms with E-state index in [1.807, 2.05) is 27.7 Å². The van der Waals surface area contributed by atoms with Crippen molar-refractivity contribution in [3.05, 3.63) is 70.9 Å². The Labute approximate surface area is 193 Å². The lowest BCUT2D eigenvalue weighted by atomic mass is 10.2. The average Bonchev–Trinajstić information content (AvgIpc) is 3.36. The van der Waals surface area contributed by atoms with Gasteiger partial charge in [-0.25, -0.2) is 13.4 Å². The Morgan fingerprint density at radius 2 is 1.94 bits per heavy atom. The first-order valence-corrected chi connectivity index (χ1v) is 12.5. The minimum Gasteiger partial charge on any atom is -0.459 e. The highest BCUT2D eigenvalue weighted by Crippen LogP contribution is 2.24. The fourth-order valence-electron chi connectivity index (χ4n) is 3.60. The van der Waals surface area contributed by atoms with Crippen LogP contribution in [0.3, 0.4) is 0 Å². The molecule has 3 aromatic rings. The van der Waals surface area contributed by atoms with Crippen LogP contribution in [0.25, 0.3) is 0 Å². The second kappa shape index (κ2) is 9.92. The second-order valence-electron chi connectivity index (χ2n) is 8.44. The molecular formula is C23H28ClN3O4S. The highest BCUT2D eigenvalue weighted by molar-refractivity contribution is 7.90. The van der Waals surface area contributed by atoms with E-state index in [1.165, 1.54) is 12.5 Å². The number of carbonyl (C=O) groups excluding carboxylic acids is 1. The molecule has 7 nitrogen and oxygen atoms in total. The summed E-state index contributed by atoms with van der Waals surface area (Å²) < 4.78 is 33.4. The summed E-state index contributed by atoms with van der Waals surface area (Å²) in [5.74, 6) is 0.00609. The molecule has 2 heterocycles. The Balaban J connectivity index is 1.94. The molecule has 0 aliphatic carbocycles. The van der Waals surface area contributed by atoms with Gasteiger partial charge < -0.3 is 13.9 Å². The quantitative estimate of drug-likeness (QED) is 0.433. The fourth-order valence-corrected chi connectivity index (χ4v) is 5.40. The number of halogens is 1. The average molecular weight is 478 g/mol. The highest BCUT2D eigenvalue weighted by Gasteiger charge is 2.28. The van der Waals surface area contributed by atoms with Crippen LogP contribution in [0.5, 0.6) is 0 Å².